The van der Waals surface area contributed by atoms with Crippen LogP contribution in [0.3, 0.4) is 0 Å². The van der Waals surface area contributed by atoms with Crippen LogP contribution in [-0.4, -0.2) is 27.1 Å². The summed E-state index contributed by atoms with van der Waals surface area (Å²) in [5.41, 5.74) is 3.32. The van der Waals surface area contributed by atoms with Gasteiger partial charge < -0.3 is 4.90 Å². The second-order valence-electron chi connectivity index (χ2n) is 5.88. The number of rotatable bonds is 2. The number of hydrogen-bond donors (Lipinski definition) is 0. The molecule has 1 aromatic heterocycles. The molecule has 1 aliphatic heterocycles. The lowest BCUT2D eigenvalue weighted by atomic mass is 10.0. The van der Waals surface area contributed by atoms with Crippen LogP contribution in [0.2, 0.25) is 0 Å². The predicted octanol–water partition coefficient (Wildman–Crippen LogP) is 3.15. The molecule has 4 nitrogen and oxygen atoms in total. The Morgan fingerprint density at radius 3 is 2.55 bits per heavy atom. The zero-order chi connectivity index (χ0) is 15.9. The topological polar surface area (TPSA) is 38.1 Å². The Balaban J connectivity index is 1.92. The summed E-state index contributed by atoms with van der Waals surface area (Å²) in [6.45, 7) is 4.51. The van der Waals surface area contributed by atoms with Gasteiger partial charge >= 0.3 is 0 Å². The first-order valence-electron chi connectivity index (χ1n) is 7.55. The molecule has 2 aromatic rings. The minimum absolute atomic E-state index is 0.0205. The highest BCUT2D eigenvalue weighted by molar-refractivity contribution is 5.96. The van der Waals surface area contributed by atoms with Crippen LogP contribution < -0.4 is 0 Å². The fourth-order valence-corrected chi connectivity index (χ4v) is 3.27. The van der Waals surface area contributed by atoms with E-state index in [2.05, 4.69) is 5.10 Å². The van der Waals surface area contributed by atoms with Crippen LogP contribution in [0.4, 0.5) is 4.39 Å². The minimum atomic E-state index is -0.251. The van der Waals surface area contributed by atoms with E-state index in [1.165, 1.54) is 12.1 Å². The maximum Gasteiger partial charge on any atom is 0.258 e. The fourth-order valence-electron chi connectivity index (χ4n) is 3.27. The van der Waals surface area contributed by atoms with E-state index in [1.807, 2.05) is 25.8 Å². The van der Waals surface area contributed by atoms with Crippen molar-refractivity contribution < 1.29 is 9.18 Å². The lowest BCUT2D eigenvalue weighted by Gasteiger charge is -2.25. The van der Waals surface area contributed by atoms with Crippen LogP contribution in [0.1, 0.15) is 46.2 Å². The number of hydrogen-bond acceptors (Lipinski definition) is 2. The van der Waals surface area contributed by atoms with Crippen molar-refractivity contribution in [3.05, 3.63) is 52.6 Å². The van der Waals surface area contributed by atoms with Gasteiger partial charge in [-0.3, -0.25) is 9.48 Å². The summed E-state index contributed by atoms with van der Waals surface area (Å²) in [6, 6.07) is 6.48. The molecule has 0 N–H and O–H groups in total. The molecule has 1 saturated heterocycles. The van der Waals surface area contributed by atoms with E-state index in [4.69, 9.17) is 0 Å². The van der Waals surface area contributed by atoms with Crippen molar-refractivity contribution in [2.45, 2.75) is 32.7 Å². The third-order valence-corrected chi connectivity index (χ3v) is 4.49. The lowest BCUT2D eigenvalue weighted by Crippen LogP contribution is -2.31. The lowest BCUT2D eigenvalue weighted by molar-refractivity contribution is 0.0734. The zero-order valence-electron chi connectivity index (χ0n) is 13.1. The molecular weight excluding hydrogens is 281 g/mol. The van der Waals surface area contributed by atoms with Crippen molar-refractivity contribution in [3.63, 3.8) is 0 Å². The van der Waals surface area contributed by atoms with Gasteiger partial charge in [-0.25, -0.2) is 4.39 Å². The molecule has 22 heavy (non-hydrogen) atoms. The molecule has 1 aromatic carbocycles. The van der Waals surface area contributed by atoms with E-state index in [1.54, 1.807) is 16.8 Å². The van der Waals surface area contributed by atoms with Gasteiger partial charge in [0.15, 0.2) is 0 Å². The SMILES string of the molecule is Cc1nn(C)c(C)c1C(=O)N1CCCC1c1ccc(F)cc1. The maximum absolute atomic E-state index is 13.1. The molecule has 1 amide bonds. The van der Waals surface area contributed by atoms with Gasteiger partial charge in [-0.05, 0) is 44.4 Å². The second kappa shape index (κ2) is 5.55. The van der Waals surface area contributed by atoms with E-state index in [9.17, 15) is 9.18 Å². The summed E-state index contributed by atoms with van der Waals surface area (Å²) in [6.07, 6.45) is 1.88. The quantitative estimate of drug-likeness (QED) is 0.854. The van der Waals surface area contributed by atoms with Crippen LogP contribution in [0.25, 0.3) is 0 Å². The summed E-state index contributed by atoms with van der Waals surface area (Å²) in [5.74, 6) is -0.228. The minimum Gasteiger partial charge on any atom is -0.331 e. The van der Waals surface area contributed by atoms with E-state index < -0.39 is 0 Å². The van der Waals surface area contributed by atoms with Crippen LogP contribution in [0, 0.1) is 19.7 Å². The molecule has 2 heterocycles. The van der Waals surface area contributed by atoms with Gasteiger partial charge in [0.1, 0.15) is 5.82 Å². The van der Waals surface area contributed by atoms with Crippen molar-refractivity contribution in [2.24, 2.45) is 7.05 Å². The molecule has 1 aliphatic rings. The maximum atomic E-state index is 13.1. The molecule has 0 aliphatic carbocycles. The van der Waals surface area contributed by atoms with Crippen LogP contribution in [0.15, 0.2) is 24.3 Å². The second-order valence-corrected chi connectivity index (χ2v) is 5.88. The number of halogens is 1. The Morgan fingerprint density at radius 2 is 1.95 bits per heavy atom. The monoisotopic (exact) mass is 301 g/mol. The van der Waals surface area contributed by atoms with Crippen LogP contribution in [-0.2, 0) is 7.05 Å². The van der Waals surface area contributed by atoms with Gasteiger partial charge in [0.25, 0.3) is 5.91 Å². The molecular formula is C17H20FN3O. The first-order valence-corrected chi connectivity index (χ1v) is 7.55. The van der Waals surface area contributed by atoms with Crippen molar-refractivity contribution in [1.29, 1.82) is 0 Å². The molecule has 0 bridgehead atoms. The largest absolute Gasteiger partial charge is 0.331 e. The normalized spacial score (nSPS) is 18.0. The van der Waals surface area contributed by atoms with E-state index in [0.717, 1.165) is 36.3 Å². The number of benzene rings is 1. The first-order chi connectivity index (χ1) is 10.5. The zero-order valence-corrected chi connectivity index (χ0v) is 13.1. The molecule has 0 saturated carbocycles. The average molecular weight is 301 g/mol. The highest BCUT2D eigenvalue weighted by Gasteiger charge is 2.33. The van der Waals surface area contributed by atoms with Gasteiger partial charge in [-0.1, -0.05) is 12.1 Å². The highest BCUT2D eigenvalue weighted by atomic mass is 19.1. The third kappa shape index (κ3) is 2.40. The molecule has 0 spiro atoms. The third-order valence-electron chi connectivity index (χ3n) is 4.49. The average Bonchev–Trinajstić information content (AvgIpc) is 3.05. The van der Waals surface area contributed by atoms with E-state index in [-0.39, 0.29) is 17.8 Å². The van der Waals surface area contributed by atoms with Crippen molar-refractivity contribution in [3.8, 4) is 0 Å². The molecule has 1 atom stereocenters. The highest BCUT2D eigenvalue weighted by Crippen LogP contribution is 2.34. The number of aromatic nitrogens is 2. The summed E-state index contributed by atoms with van der Waals surface area (Å²) in [5, 5.41) is 4.33. The molecule has 1 unspecified atom stereocenters. The number of aryl methyl sites for hydroxylation is 2. The van der Waals surface area contributed by atoms with Crippen molar-refractivity contribution >= 4 is 5.91 Å². The van der Waals surface area contributed by atoms with E-state index in [0.29, 0.717) is 5.56 Å². The van der Waals surface area contributed by atoms with Crippen LogP contribution in [0.5, 0.6) is 0 Å². The summed E-state index contributed by atoms with van der Waals surface area (Å²) in [7, 11) is 1.85. The van der Waals surface area contributed by atoms with Crippen molar-refractivity contribution in [1.82, 2.24) is 14.7 Å². The van der Waals surface area contributed by atoms with Crippen molar-refractivity contribution in [2.75, 3.05) is 6.54 Å². The number of amides is 1. The Kier molecular flexibility index (Phi) is 3.72. The van der Waals surface area contributed by atoms with Crippen LogP contribution >= 0.6 is 0 Å². The van der Waals surface area contributed by atoms with Gasteiger partial charge in [-0.2, -0.15) is 5.10 Å². The van der Waals surface area contributed by atoms with Gasteiger partial charge in [0, 0.05) is 19.3 Å². The van der Waals surface area contributed by atoms with Gasteiger partial charge in [0.05, 0.1) is 17.3 Å². The summed E-state index contributed by atoms with van der Waals surface area (Å²) < 4.78 is 14.9. The number of carbonyl (C=O) groups excluding carboxylic acids is 1. The first kappa shape index (κ1) is 14.8. The number of nitrogens with zero attached hydrogens (tertiary/aromatic N) is 3. The Morgan fingerprint density at radius 1 is 1.27 bits per heavy atom. The molecule has 1 fully saturated rings. The number of carbonyl (C=O) groups is 1. The Hall–Kier alpha value is -2.17. The van der Waals surface area contributed by atoms with Gasteiger partial charge in [-0.15, -0.1) is 0 Å². The molecule has 0 radical (unpaired) electrons. The van der Waals surface area contributed by atoms with E-state index >= 15 is 0 Å². The Labute approximate surface area is 129 Å². The fraction of sp³-hybridized carbons (Fsp3) is 0.412. The smallest absolute Gasteiger partial charge is 0.258 e. The molecule has 5 heteroatoms. The summed E-state index contributed by atoms with van der Waals surface area (Å²) in [4.78, 5) is 14.8. The Bertz CT molecular complexity index is 705. The number of likely N-dealkylation sites (tertiary alicyclic amines) is 1. The standard InChI is InChI=1S/C17H20FN3O/c1-11-16(12(2)20(3)19-11)17(22)21-10-4-5-15(21)13-6-8-14(18)9-7-13/h6-9,15H,4-5,10H2,1-3H3. The summed E-state index contributed by atoms with van der Waals surface area (Å²) >= 11 is 0. The molecule has 3 rings (SSSR count). The predicted molar refractivity (Wildman–Crippen MR) is 82.1 cm³/mol. The molecule has 116 valence electrons. The van der Waals surface area contributed by atoms with Gasteiger partial charge in [0.2, 0.25) is 0 Å².